The van der Waals surface area contributed by atoms with Gasteiger partial charge in [0, 0.05) is 29.8 Å². The van der Waals surface area contributed by atoms with Crippen LogP contribution < -0.4 is 5.32 Å². The van der Waals surface area contributed by atoms with Crippen LogP contribution >= 0.6 is 15.9 Å². The molecule has 4 heteroatoms. The van der Waals surface area contributed by atoms with Crippen LogP contribution in [0.2, 0.25) is 0 Å². The summed E-state index contributed by atoms with van der Waals surface area (Å²) in [6.07, 6.45) is 0.948. The number of benzene rings is 1. The number of nitrogens with one attached hydrogen (secondary N) is 1. The van der Waals surface area contributed by atoms with Crippen LogP contribution in [0.5, 0.6) is 0 Å². The highest BCUT2D eigenvalue weighted by molar-refractivity contribution is 9.10. The van der Waals surface area contributed by atoms with E-state index in [-0.39, 0.29) is 5.82 Å². The van der Waals surface area contributed by atoms with Crippen molar-refractivity contribution in [2.75, 3.05) is 19.8 Å². The van der Waals surface area contributed by atoms with E-state index in [1.54, 1.807) is 12.1 Å². The van der Waals surface area contributed by atoms with Gasteiger partial charge in [-0.15, -0.1) is 0 Å². The number of hydrogen-bond donors (Lipinski definition) is 1. The summed E-state index contributed by atoms with van der Waals surface area (Å²) in [7, 11) is 0. The van der Waals surface area contributed by atoms with Gasteiger partial charge in [0.2, 0.25) is 0 Å². The molecule has 1 aromatic rings. The van der Waals surface area contributed by atoms with Gasteiger partial charge in [-0.1, -0.05) is 15.9 Å². The second-order valence-corrected chi connectivity index (χ2v) is 4.38. The molecule has 90 valence electrons. The Morgan fingerprint density at radius 3 is 3.00 bits per heavy atom. The first-order chi connectivity index (χ1) is 7.74. The summed E-state index contributed by atoms with van der Waals surface area (Å²) in [5.74, 6) is -0.166. The lowest BCUT2D eigenvalue weighted by Crippen LogP contribution is -2.17. The van der Waals surface area contributed by atoms with Gasteiger partial charge in [0.1, 0.15) is 5.82 Å². The fourth-order valence-corrected chi connectivity index (χ4v) is 1.75. The Hall–Kier alpha value is -0.450. The van der Waals surface area contributed by atoms with Crippen molar-refractivity contribution in [2.24, 2.45) is 0 Å². The first-order valence-corrected chi connectivity index (χ1v) is 6.25. The predicted octanol–water partition coefficient (Wildman–Crippen LogP) is 3.10. The van der Waals surface area contributed by atoms with Crippen molar-refractivity contribution < 1.29 is 9.13 Å². The minimum atomic E-state index is -0.166. The minimum absolute atomic E-state index is 0.166. The first-order valence-electron chi connectivity index (χ1n) is 5.46. The average molecular weight is 290 g/mol. The Kier molecular flexibility index (Phi) is 6.61. The first kappa shape index (κ1) is 13.6. The van der Waals surface area contributed by atoms with Crippen LogP contribution in [0.25, 0.3) is 0 Å². The molecule has 0 spiro atoms. The van der Waals surface area contributed by atoms with E-state index in [1.807, 2.05) is 6.92 Å². The molecule has 0 atom stereocenters. The zero-order valence-corrected chi connectivity index (χ0v) is 11.0. The van der Waals surface area contributed by atoms with E-state index < -0.39 is 0 Å². The van der Waals surface area contributed by atoms with E-state index >= 15 is 0 Å². The molecule has 0 heterocycles. The number of ether oxygens (including phenoxy) is 1. The maximum atomic E-state index is 13.3. The Labute approximate surface area is 104 Å². The third-order valence-electron chi connectivity index (χ3n) is 2.17. The van der Waals surface area contributed by atoms with Crippen molar-refractivity contribution in [1.29, 1.82) is 0 Å². The molecular formula is C12H17BrFNO. The van der Waals surface area contributed by atoms with Gasteiger partial charge in [0.15, 0.2) is 0 Å². The second-order valence-electron chi connectivity index (χ2n) is 3.46. The highest BCUT2D eigenvalue weighted by atomic mass is 79.9. The smallest absolute Gasteiger partial charge is 0.127 e. The van der Waals surface area contributed by atoms with E-state index in [4.69, 9.17) is 4.74 Å². The molecule has 1 aromatic carbocycles. The van der Waals surface area contributed by atoms with Gasteiger partial charge in [0.25, 0.3) is 0 Å². The summed E-state index contributed by atoms with van der Waals surface area (Å²) >= 11 is 3.33. The van der Waals surface area contributed by atoms with Gasteiger partial charge < -0.3 is 10.1 Å². The molecule has 0 aliphatic heterocycles. The van der Waals surface area contributed by atoms with Crippen LogP contribution in [0, 0.1) is 5.82 Å². The van der Waals surface area contributed by atoms with Crippen molar-refractivity contribution in [3.63, 3.8) is 0 Å². The SMILES string of the molecule is CCOCCCNCc1cc(Br)ccc1F. The molecular weight excluding hydrogens is 273 g/mol. The van der Waals surface area contributed by atoms with E-state index in [1.165, 1.54) is 6.07 Å². The van der Waals surface area contributed by atoms with Crippen LogP contribution in [-0.2, 0) is 11.3 Å². The fraction of sp³-hybridized carbons (Fsp3) is 0.500. The van der Waals surface area contributed by atoms with Crippen molar-refractivity contribution in [2.45, 2.75) is 19.9 Å². The molecule has 0 aliphatic rings. The molecule has 0 radical (unpaired) electrons. The van der Waals surface area contributed by atoms with Crippen LogP contribution in [0.1, 0.15) is 18.9 Å². The lowest BCUT2D eigenvalue weighted by atomic mass is 10.2. The van der Waals surface area contributed by atoms with E-state index in [2.05, 4.69) is 21.2 Å². The van der Waals surface area contributed by atoms with Crippen molar-refractivity contribution in [3.05, 3.63) is 34.1 Å². The van der Waals surface area contributed by atoms with Gasteiger partial charge >= 0.3 is 0 Å². The summed E-state index contributed by atoms with van der Waals surface area (Å²) in [6, 6.07) is 4.97. The summed E-state index contributed by atoms with van der Waals surface area (Å²) in [5.41, 5.74) is 0.686. The Bertz CT molecular complexity index is 320. The highest BCUT2D eigenvalue weighted by Gasteiger charge is 2.01. The third-order valence-corrected chi connectivity index (χ3v) is 2.66. The predicted molar refractivity (Wildman–Crippen MR) is 66.9 cm³/mol. The van der Waals surface area contributed by atoms with Crippen LogP contribution in [0.4, 0.5) is 4.39 Å². The van der Waals surface area contributed by atoms with Crippen molar-refractivity contribution in [3.8, 4) is 0 Å². The fourth-order valence-electron chi connectivity index (χ4n) is 1.35. The molecule has 0 saturated heterocycles. The lowest BCUT2D eigenvalue weighted by molar-refractivity contribution is 0.144. The average Bonchev–Trinajstić information content (AvgIpc) is 2.28. The van der Waals surface area contributed by atoms with Crippen LogP contribution in [0.3, 0.4) is 0 Å². The monoisotopic (exact) mass is 289 g/mol. The number of halogens is 2. The Balaban J connectivity index is 2.23. The summed E-state index contributed by atoms with van der Waals surface area (Å²) < 4.78 is 19.4. The molecule has 16 heavy (non-hydrogen) atoms. The summed E-state index contributed by atoms with van der Waals surface area (Å²) in [6.45, 7) is 4.87. The normalized spacial score (nSPS) is 10.7. The van der Waals surface area contributed by atoms with Crippen molar-refractivity contribution in [1.82, 2.24) is 5.32 Å². The zero-order valence-electron chi connectivity index (χ0n) is 9.43. The van der Waals surface area contributed by atoms with Gasteiger partial charge in [-0.2, -0.15) is 0 Å². The van der Waals surface area contributed by atoms with Gasteiger partial charge in [-0.25, -0.2) is 4.39 Å². The standard InChI is InChI=1S/C12H17BrFNO/c1-2-16-7-3-6-15-9-10-8-11(13)4-5-12(10)14/h4-5,8,15H,2-3,6-7,9H2,1H3. The molecule has 0 unspecified atom stereocenters. The van der Waals surface area contributed by atoms with E-state index in [0.29, 0.717) is 12.1 Å². The van der Waals surface area contributed by atoms with Crippen molar-refractivity contribution >= 4 is 15.9 Å². The highest BCUT2D eigenvalue weighted by Crippen LogP contribution is 2.15. The van der Waals surface area contributed by atoms with Crippen LogP contribution in [0.15, 0.2) is 22.7 Å². The van der Waals surface area contributed by atoms with Crippen LogP contribution in [-0.4, -0.2) is 19.8 Å². The van der Waals surface area contributed by atoms with Gasteiger partial charge in [-0.05, 0) is 38.1 Å². The molecule has 0 aromatic heterocycles. The third kappa shape index (κ3) is 5.05. The maximum absolute atomic E-state index is 13.3. The molecule has 0 aliphatic carbocycles. The lowest BCUT2D eigenvalue weighted by Gasteiger charge is -2.06. The largest absolute Gasteiger partial charge is 0.382 e. The molecule has 0 amide bonds. The topological polar surface area (TPSA) is 21.3 Å². The second kappa shape index (κ2) is 7.76. The molecule has 2 nitrogen and oxygen atoms in total. The molecule has 0 bridgehead atoms. The summed E-state index contributed by atoms with van der Waals surface area (Å²) in [4.78, 5) is 0. The maximum Gasteiger partial charge on any atom is 0.127 e. The van der Waals surface area contributed by atoms with E-state index in [9.17, 15) is 4.39 Å². The van der Waals surface area contributed by atoms with E-state index in [0.717, 1.165) is 30.7 Å². The molecule has 0 saturated carbocycles. The molecule has 1 rings (SSSR count). The quantitative estimate of drug-likeness (QED) is 0.779. The summed E-state index contributed by atoms with van der Waals surface area (Å²) in [5, 5.41) is 3.19. The van der Waals surface area contributed by atoms with Gasteiger partial charge in [0.05, 0.1) is 0 Å². The number of hydrogen-bond acceptors (Lipinski definition) is 2. The number of rotatable bonds is 7. The Morgan fingerprint density at radius 2 is 2.25 bits per heavy atom. The Morgan fingerprint density at radius 1 is 1.44 bits per heavy atom. The van der Waals surface area contributed by atoms with Gasteiger partial charge in [-0.3, -0.25) is 0 Å². The molecule has 0 fully saturated rings. The molecule has 1 N–H and O–H groups in total. The minimum Gasteiger partial charge on any atom is -0.382 e. The zero-order chi connectivity index (χ0) is 11.8.